The minimum atomic E-state index is -0.837. The maximum Gasteiger partial charge on any atom is 0.303 e. The van der Waals surface area contributed by atoms with Gasteiger partial charge in [0.05, 0.1) is 5.60 Å². The fraction of sp³-hybridized carbons (Fsp3) is 0.778. The number of carbonyl (C=O) groups excluding carboxylic acids is 1. The number of unbranched alkanes of at least 4 members (excludes halogenated alkanes) is 1. The van der Waals surface area contributed by atoms with Crippen molar-refractivity contribution in [1.82, 2.24) is 0 Å². The molecular formula is C27H38O4. The van der Waals surface area contributed by atoms with Gasteiger partial charge in [-0.3, -0.25) is 9.59 Å². The van der Waals surface area contributed by atoms with Gasteiger partial charge in [-0.25, -0.2) is 0 Å². The van der Waals surface area contributed by atoms with Gasteiger partial charge in [-0.2, -0.15) is 0 Å². The van der Waals surface area contributed by atoms with E-state index >= 15 is 0 Å². The van der Waals surface area contributed by atoms with Gasteiger partial charge in [0, 0.05) is 11.8 Å². The number of rotatable bonds is 6. The molecule has 4 heteroatoms. The third kappa shape index (κ3) is 2.89. The third-order valence-corrected chi connectivity index (χ3v) is 10.5. The highest BCUT2D eigenvalue weighted by Crippen LogP contribution is 2.78. The number of carboxylic acid groups (broad SMARTS) is 1. The lowest BCUT2D eigenvalue weighted by atomic mass is 9.43. The number of ketones is 1. The molecule has 2 N–H and O–H groups in total. The summed E-state index contributed by atoms with van der Waals surface area (Å²) in [7, 11) is 0. The van der Waals surface area contributed by atoms with E-state index in [4.69, 9.17) is 0 Å². The summed E-state index contributed by atoms with van der Waals surface area (Å²) in [5, 5.41) is 21.3. The molecule has 0 heterocycles. The van der Waals surface area contributed by atoms with Gasteiger partial charge in [0.1, 0.15) is 0 Å². The largest absolute Gasteiger partial charge is 0.481 e. The van der Waals surface area contributed by atoms with Gasteiger partial charge in [-0.1, -0.05) is 45.3 Å². The van der Waals surface area contributed by atoms with Crippen LogP contribution in [0.4, 0.5) is 0 Å². The van der Waals surface area contributed by atoms with Crippen LogP contribution in [0.15, 0.2) is 23.8 Å². The summed E-state index contributed by atoms with van der Waals surface area (Å²) in [5.41, 5.74) is 0.260. The van der Waals surface area contributed by atoms with E-state index in [2.05, 4.69) is 26.8 Å². The fourth-order valence-corrected chi connectivity index (χ4v) is 8.98. The van der Waals surface area contributed by atoms with Crippen molar-refractivity contribution >= 4 is 11.8 Å². The lowest BCUT2D eigenvalue weighted by molar-refractivity contribution is -0.162. The van der Waals surface area contributed by atoms with E-state index in [1.54, 1.807) is 6.08 Å². The molecule has 5 aliphatic carbocycles. The molecule has 0 bridgehead atoms. The van der Waals surface area contributed by atoms with E-state index < -0.39 is 11.6 Å². The predicted octanol–water partition coefficient (Wildman–Crippen LogP) is 5.16. The number of allylic oxidation sites excluding steroid dienone is 4. The number of carbonyl (C=O) groups is 2. The zero-order valence-electron chi connectivity index (χ0n) is 19.3. The van der Waals surface area contributed by atoms with E-state index in [1.807, 2.05) is 6.08 Å². The number of aliphatic carboxylic acids is 1. The Morgan fingerprint density at radius 3 is 2.74 bits per heavy atom. The molecule has 0 amide bonds. The topological polar surface area (TPSA) is 74.6 Å². The first-order valence-corrected chi connectivity index (χ1v) is 12.5. The van der Waals surface area contributed by atoms with Crippen LogP contribution >= 0.6 is 0 Å². The SMILES string of the molecule is CCCC[C@@H]1CC2=CC(=O)C=C[C@]2(C)[C@H]2CC[C@@]3(C)[C@@H]([C@@H]4C[C@@H]4[C@@]3(O)CCC(=O)O)[C@H]12. The molecule has 4 fully saturated rings. The maximum atomic E-state index is 12.2. The molecule has 31 heavy (non-hydrogen) atoms. The van der Waals surface area contributed by atoms with Crippen LogP contribution in [0.5, 0.6) is 0 Å². The molecule has 0 saturated heterocycles. The van der Waals surface area contributed by atoms with Crippen LogP contribution < -0.4 is 0 Å². The van der Waals surface area contributed by atoms with Gasteiger partial charge in [0.2, 0.25) is 0 Å². The van der Waals surface area contributed by atoms with Crippen molar-refractivity contribution in [3.63, 3.8) is 0 Å². The molecule has 9 atom stereocenters. The molecule has 170 valence electrons. The normalized spacial score (nSPS) is 49.5. The summed E-state index contributed by atoms with van der Waals surface area (Å²) in [6.07, 6.45) is 14.0. The molecular weight excluding hydrogens is 388 g/mol. The summed E-state index contributed by atoms with van der Waals surface area (Å²) in [4.78, 5) is 23.6. The van der Waals surface area contributed by atoms with Crippen LogP contribution in [0.1, 0.15) is 78.6 Å². The summed E-state index contributed by atoms with van der Waals surface area (Å²) in [6.45, 7) is 6.87. The molecule has 0 aromatic rings. The summed E-state index contributed by atoms with van der Waals surface area (Å²) >= 11 is 0. The number of aliphatic hydroxyl groups is 1. The van der Waals surface area contributed by atoms with Gasteiger partial charge < -0.3 is 10.2 Å². The Balaban J connectivity index is 1.53. The van der Waals surface area contributed by atoms with Crippen molar-refractivity contribution < 1.29 is 19.8 Å². The Hall–Kier alpha value is -1.42. The van der Waals surface area contributed by atoms with Crippen LogP contribution in [0.3, 0.4) is 0 Å². The second-order valence-corrected chi connectivity index (χ2v) is 11.8. The molecule has 0 aromatic heterocycles. The third-order valence-electron chi connectivity index (χ3n) is 10.5. The molecule has 4 nitrogen and oxygen atoms in total. The Morgan fingerprint density at radius 2 is 2.03 bits per heavy atom. The Morgan fingerprint density at radius 1 is 1.26 bits per heavy atom. The first-order valence-electron chi connectivity index (χ1n) is 12.5. The predicted molar refractivity (Wildman–Crippen MR) is 119 cm³/mol. The van der Waals surface area contributed by atoms with Gasteiger partial charge in [-0.15, -0.1) is 0 Å². The fourth-order valence-electron chi connectivity index (χ4n) is 8.98. The second-order valence-electron chi connectivity index (χ2n) is 11.8. The first-order chi connectivity index (χ1) is 14.7. The summed E-state index contributed by atoms with van der Waals surface area (Å²) in [5.74, 6) is 2.26. The van der Waals surface area contributed by atoms with Gasteiger partial charge in [-0.05, 0) is 91.6 Å². The van der Waals surface area contributed by atoms with Crippen LogP contribution in [0.25, 0.3) is 0 Å². The zero-order chi connectivity index (χ0) is 22.2. The van der Waals surface area contributed by atoms with Crippen molar-refractivity contribution in [1.29, 1.82) is 0 Å². The van der Waals surface area contributed by atoms with E-state index in [0.717, 1.165) is 25.7 Å². The molecule has 0 radical (unpaired) electrons. The van der Waals surface area contributed by atoms with E-state index in [9.17, 15) is 19.8 Å². The number of carboxylic acids is 1. The molecule has 5 rings (SSSR count). The highest BCUT2D eigenvalue weighted by molar-refractivity contribution is 6.01. The Kier molecular flexibility index (Phi) is 4.86. The van der Waals surface area contributed by atoms with Gasteiger partial charge in [0.25, 0.3) is 0 Å². The van der Waals surface area contributed by atoms with Crippen LogP contribution in [-0.4, -0.2) is 27.6 Å². The van der Waals surface area contributed by atoms with Crippen LogP contribution in [0, 0.1) is 46.3 Å². The van der Waals surface area contributed by atoms with Crippen molar-refractivity contribution in [2.24, 2.45) is 46.3 Å². The Labute approximate surface area is 186 Å². The molecule has 4 saturated carbocycles. The molecule has 0 unspecified atom stereocenters. The average Bonchev–Trinajstić information content (AvgIpc) is 3.48. The zero-order valence-corrected chi connectivity index (χ0v) is 19.3. The summed E-state index contributed by atoms with van der Waals surface area (Å²) in [6, 6.07) is 0. The van der Waals surface area contributed by atoms with Gasteiger partial charge in [0.15, 0.2) is 5.78 Å². The Bertz CT molecular complexity index is 857. The first kappa shape index (κ1) is 21.4. The minimum Gasteiger partial charge on any atom is -0.481 e. The van der Waals surface area contributed by atoms with Crippen molar-refractivity contribution in [3.05, 3.63) is 23.8 Å². The van der Waals surface area contributed by atoms with E-state index in [1.165, 1.54) is 24.8 Å². The molecule has 0 aliphatic heterocycles. The number of hydrogen-bond acceptors (Lipinski definition) is 3. The van der Waals surface area contributed by atoms with Crippen molar-refractivity contribution in [2.45, 2.75) is 84.2 Å². The second kappa shape index (κ2) is 7.04. The number of fused-ring (bicyclic) bond motifs is 7. The van der Waals surface area contributed by atoms with Crippen molar-refractivity contribution in [2.75, 3.05) is 0 Å². The van der Waals surface area contributed by atoms with Crippen LogP contribution in [-0.2, 0) is 9.59 Å². The van der Waals surface area contributed by atoms with E-state index in [-0.39, 0.29) is 29.0 Å². The van der Waals surface area contributed by atoms with Gasteiger partial charge >= 0.3 is 5.97 Å². The minimum absolute atomic E-state index is 0.0468. The highest BCUT2D eigenvalue weighted by atomic mass is 16.4. The molecule has 5 aliphatic rings. The van der Waals surface area contributed by atoms with E-state index in [0.29, 0.717) is 36.0 Å². The number of hydrogen-bond donors (Lipinski definition) is 2. The smallest absolute Gasteiger partial charge is 0.303 e. The lowest BCUT2D eigenvalue weighted by Crippen LogP contribution is -2.58. The monoisotopic (exact) mass is 426 g/mol. The van der Waals surface area contributed by atoms with Crippen LogP contribution in [0.2, 0.25) is 0 Å². The quantitative estimate of drug-likeness (QED) is 0.615. The highest BCUT2D eigenvalue weighted by Gasteiger charge is 2.76. The average molecular weight is 427 g/mol. The lowest BCUT2D eigenvalue weighted by Gasteiger charge is -2.61. The molecule has 0 spiro atoms. The standard InChI is InChI=1S/C27H38O4/c1-4-5-6-16-13-17-14-18(28)7-10-25(17,2)20-8-11-26(3)24(23(16)20)19-15-21(19)27(26,31)12-9-22(29)30/h7,10,14,16,19-21,23-24,31H,4-6,8-9,11-13,15H2,1-3H3,(H,29,30)/t16-,19-,20+,21+,23-,24+,25+,26+,27+/m1/s1. The summed E-state index contributed by atoms with van der Waals surface area (Å²) < 4.78 is 0. The molecule has 0 aromatic carbocycles. The van der Waals surface area contributed by atoms with Crippen molar-refractivity contribution in [3.8, 4) is 0 Å². The maximum absolute atomic E-state index is 12.2.